The van der Waals surface area contributed by atoms with Crippen molar-refractivity contribution in [2.45, 2.75) is 47.0 Å². The predicted octanol–water partition coefficient (Wildman–Crippen LogP) is 18.1. The van der Waals surface area contributed by atoms with Crippen LogP contribution in [0.1, 0.15) is 43.0 Å². The van der Waals surface area contributed by atoms with Gasteiger partial charge in [-0.05, 0) is 126 Å². The molecule has 0 fully saturated rings. The van der Waals surface area contributed by atoms with Crippen LogP contribution in [0.2, 0.25) is 0 Å². The molecule has 1 aliphatic heterocycles. The van der Waals surface area contributed by atoms with Crippen molar-refractivity contribution in [1.29, 1.82) is 0 Å². The first kappa shape index (κ1) is 45.5. The molecule has 0 bridgehead atoms. The van der Waals surface area contributed by atoms with E-state index in [0.29, 0.717) is 6.67 Å². The SMILES string of the molecule is Cc1cc(C)c(-c2cc(Oc3ccc4c5ccccc5n(-c5cc(C(C)(C)C)c(-c6ccccc6)cn5)c4c3)cc(N3CN(c4c5c(cc6c7ccccc7n(C)c46)c4ccccc4n5C)c4ccccc43)c2)c(C)c1. The number of rotatable bonds is 7. The van der Waals surface area contributed by atoms with E-state index in [1.165, 1.54) is 82.5 Å². The molecule has 0 amide bonds. The normalized spacial score (nSPS) is 12.9. The zero-order valence-corrected chi connectivity index (χ0v) is 44.3. The number of aryl methyl sites for hydroxylation is 5. The van der Waals surface area contributed by atoms with Crippen molar-refractivity contribution in [3.63, 3.8) is 0 Å². The maximum atomic E-state index is 7.23. The Hall–Kier alpha value is -9.07. The average molecular weight is 987 g/mol. The predicted molar refractivity (Wildman–Crippen MR) is 319 cm³/mol. The van der Waals surface area contributed by atoms with Crippen LogP contribution in [-0.4, -0.2) is 25.4 Å². The van der Waals surface area contributed by atoms with Gasteiger partial charge in [0.1, 0.15) is 24.0 Å². The molecule has 4 aromatic heterocycles. The van der Waals surface area contributed by atoms with Crippen molar-refractivity contribution in [1.82, 2.24) is 18.7 Å². The van der Waals surface area contributed by atoms with Gasteiger partial charge in [0.15, 0.2) is 0 Å². The van der Waals surface area contributed by atoms with Crippen LogP contribution in [0.4, 0.5) is 22.7 Å². The molecule has 370 valence electrons. The third-order valence-corrected chi connectivity index (χ3v) is 16.1. The van der Waals surface area contributed by atoms with Gasteiger partial charge in [0.2, 0.25) is 0 Å². The lowest BCUT2D eigenvalue weighted by atomic mass is 9.82. The van der Waals surface area contributed by atoms with E-state index >= 15 is 0 Å². The van der Waals surface area contributed by atoms with E-state index in [0.717, 1.165) is 67.5 Å². The Labute approximate surface area is 443 Å². The topological polar surface area (TPSA) is 43.4 Å². The highest BCUT2D eigenvalue weighted by Gasteiger charge is 2.34. The van der Waals surface area contributed by atoms with Crippen molar-refractivity contribution in [2.75, 3.05) is 16.5 Å². The molecule has 14 rings (SSSR count). The highest BCUT2D eigenvalue weighted by atomic mass is 16.5. The summed E-state index contributed by atoms with van der Waals surface area (Å²) >= 11 is 0. The van der Waals surface area contributed by atoms with Gasteiger partial charge in [-0.3, -0.25) is 4.57 Å². The molecule has 0 N–H and O–H groups in total. The Balaban J connectivity index is 0.940. The summed E-state index contributed by atoms with van der Waals surface area (Å²) < 4.78 is 14.3. The number of hydrogen-bond donors (Lipinski definition) is 0. The molecule has 13 aromatic rings. The molecule has 1 aliphatic rings. The number of aromatic nitrogens is 4. The lowest BCUT2D eigenvalue weighted by molar-refractivity contribution is 0.483. The molecule has 0 atom stereocenters. The van der Waals surface area contributed by atoms with Gasteiger partial charge in [0, 0.05) is 87.0 Å². The van der Waals surface area contributed by atoms with Gasteiger partial charge in [0.05, 0.1) is 39.1 Å². The number of fused-ring (bicyclic) bond motifs is 10. The van der Waals surface area contributed by atoms with Crippen LogP contribution in [0.3, 0.4) is 0 Å². The molecule has 76 heavy (non-hydrogen) atoms. The highest BCUT2D eigenvalue weighted by molar-refractivity contribution is 6.25. The fourth-order valence-corrected chi connectivity index (χ4v) is 12.9. The van der Waals surface area contributed by atoms with Crippen LogP contribution in [0.15, 0.2) is 194 Å². The van der Waals surface area contributed by atoms with Gasteiger partial charge >= 0.3 is 0 Å². The molecule has 0 aliphatic carbocycles. The summed E-state index contributed by atoms with van der Waals surface area (Å²) in [6.45, 7) is 14.1. The number of hydrogen-bond acceptors (Lipinski definition) is 4. The third-order valence-electron chi connectivity index (χ3n) is 16.1. The van der Waals surface area contributed by atoms with Gasteiger partial charge in [-0.1, -0.05) is 136 Å². The second-order valence-electron chi connectivity index (χ2n) is 22.0. The first-order valence-electron chi connectivity index (χ1n) is 26.4. The fourth-order valence-electron chi connectivity index (χ4n) is 12.9. The van der Waals surface area contributed by atoms with E-state index in [-0.39, 0.29) is 5.41 Å². The Kier molecular flexibility index (Phi) is 10.2. The number of anilines is 4. The third kappa shape index (κ3) is 6.98. The van der Waals surface area contributed by atoms with Crippen molar-refractivity contribution in [2.24, 2.45) is 14.1 Å². The monoisotopic (exact) mass is 986 g/mol. The molecule has 0 spiro atoms. The summed E-state index contributed by atoms with van der Waals surface area (Å²) in [5.74, 6) is 2.38. The van der Waals surface area contributed by atoms with E-state index in [4.69, 9.17) is 9.72 Å². The Morgan fingerprint density at radius 3 is 1.68 bits per heavy atom. The molecule has 0 saturated heterocycles. The highest BCUT2D eigenvalue weighted by Crippen LogP contribution is 2.52. The zero-order chi connectivity index (χ0) is 51.7. The summed E-state index contributed by atoms with van der Waals surface area (Å²) in [6, 6.07) is 68.4. The lowest BCUT2D eigenvalue weighted by Crippen LogP contribution is -2.25. The van der Waals surface area contributed by atoms with Crippen molar-refractivity contribution in [3.05, 3.63) is 217 Å². The first-order chi connectivity index (χ1) is 36.9. The molecule has 0 saturated carbocycles. The first-order valence-corrected chi connectivity index (χ1v) is 26.4. The van der Waals surface area contributed by atoms with Crippen molar-refractivity contribution >= 4 is 88.2 Å². The van der Waals surface area contributed by atoms with E-state index in [1.54, 1.807) is 0 Å². The second-order valence-corrected chi connectivity index (χ2v) is 22.0. The lowest BCUT2D eigenvalue weighted by Gasteiger charge is -2.25. The Bertz CT molecular complexity index is 4410. The van der Waals surface area contributed by atoms with Crippen LogP contribution >= 0.6 is 0 Å². The van der Waals surface area contributed by atoms with E-state index in [2.05, 4.69) is 273 Å². The minimum absolute atomic E-state index is 0.134. The van der Waals surface area contributed by atoms with Crippen LogP contribution in [0.5, 0.6) is 11.5 Å². The van der Waals surface area contributed by atoms with Gasteiger partial charge in [-0.25, -0.2) is 4.98 Å². The van der Waals surface area contributed by atoms with Crippen LogP contribution in [0, 0.1) is 20.8 Å². The quantitative estimate of drug-likeness (QED) is 0.160. The van der Waals surface area contributed by atoms with E-state index < -0.39 is 0 Å². The molecule has 7 nitrogen and oxygen atoms in total. The number of pyridine rings is 1. The van der Waals surface area contributed by atoms with Crippen LogP contribution in [0.25, 0.3) is 93.5 Å². The van der Waals surface area contributed by atoms with Gasteiger partial charge in [0.25, 0.3) is 0 Å². The number of benzene rings is 9. The van der Waals surface area contributed by atoms with E-state index in [9.17, 15) is 0 Å². The van der Waals surface area contributed by atoms with Crippen molar-refractivity contribution < 1.29 is 4.74 Å². The minimum Gasteiger partial charge on any atom is -0.457 e. The van der Waals surface area contributed by atoms with Crippen LogP contribution in [-0.2, 0) is 19.5 Å². The van der Waals surface area contributed by atoms with Gasteiger partial charge < -0.3 is 23.7 Å². The molecule has 9 aromatic carbocycles. The number of nitrogens with zero attached hydrogens (tertiary/aromatic N) is 6. The van der Waals surface area contributed by atoms with Crippen LogP contribution < -0.4 is 14.5 Å². The molecule has 0 radical (unpaired) electrons. The number of ether oxygens (including phenoxy) is 1. The Morgan fingerprint density at radius 2 is 1.04 bits per heavy atom. The standard InChI is InChI=1S/C69H58N6O/c1-42-32-43(2)65(44(3)33-42)46-34-47(73-41-74(62-29-19-18-28-61(62)73)68-66-54(51-23-12-15-25-58(51)71(66)7)38-55-52-24-13-16-26-59(52)72(8)67(55)68)36-49(35-46)76-48-30-31-53-50-22-14-17-27-60(50)75(63(53)37-48)64-39-57(69(4,5)6)56(40-70-64)45-20-10-9-11-21-45/h9-40H,41H2,1-8H3. The zero-order valence-electron chi connectivity index (χ0n) is 44.3. The number of para-hydroxylation sites is 5. The fraction of sp³-hybridized carbons (Fsp3) is 0.145. The van der Waals surface area contributed by atoms with Crippen molar-refractivity contribution in [3.8, 4) is 39.6 Å². The van der Waals surface area contributed by atoms with E-state index in [1.807, 2.05) is 0 Å². The average Bonchev–Trinajstić information content (AvgIpc) is 4.20. The maximum absolute atomic E-state index is 7.23. The molecule has 0 unspecified atom stereocenters. The Morgan fingerprint density at radius 1 is 0.474 bits per heavy atom. The van der Waals surface area contributed by atoms with Gasteiger partial charge in [-0.2, -0.15) is 0 Å². The molecular weight excluding hydrogens is 929 g/mol. The minimum atomic E-state index is -0.134. The smallest absolute Gasteiger partial charge is 0.137 e. The second kappa shape index (κ2) is 17.0. The summed E-state index contributed by atoms with van der Waals surface area (Å²) in [5, 5.41) is 7.32. The summed E-state index contributed by atoms with van der Waals surface area (Å²) in [5.41, 5.74) is 21.0. The maximum Gasteiger partial charge on any atom is 0.137 e. The molecule has 7 heteroatoms. The summed E-state index contributed by atoms with van der Waals surface area (Å²) in [7, 11) is 4.44. The molecular formula is C69H58N6O. The molecule has 5 heterocycles. The summed E-state index contributed by atoms with van der Waals surface area (Å²) in [4.78, 5) is 10.2. The van der Waals surface area contributed by atoms with Gasteiger partial charge in [-0.15, -0.1) is 0 Å². The summed E-state index contributed by atoms with van der Waals surface area (Å²) in [6.07, 6.45) is 2.05. The largest absolute Gasteiger partial charge is 0.457 e.